The van der Waals surface area contributed by atoms with Crippen LogP contribution in [0.25, 0.3) is 0 Å². The maximum atomic E-state index is 13.1. The van der Waals surface area contributed by atoms with Gasteiger partial charge in [0.25, 0.3) is 5.69 Å². The van der Waals surface area contributed by atoms with Gasteiger partial charge in [0.1, 0.15) is 4.90 Å². The molecule has 0 bridgehead atoms. The van der Waals surface area contributed by atoms with Gasteiger partial charge < -0.3 is 0 Å². The van der Waals surface area contributed by atoms with Crippen LogP contribution in [0, 0.1) is 17.0 Å². The minimum Gasteiger partial charge on any atom is -0.274 e. The van der Waals surface area contributed by atoms with Gasteiger partial charge in [0.2, 0.25) is 20.0 Å². The molecule has 0 unspecified atom stereocenters. The van der Waals surface area contributed by atoms with Gasteiger partial charge in [-0.1, -0.05) is 6.07 Å². The number of rotatable bonds is 5. The second kappa shape index (κ2) is 7.82. The Kier molecular flexibility index (Phi) is 5.76. The third-order valence-electron chi connectivity index (χ3n) is 4.73. The number of nitro benzene ring substituents is 1. The van der Waals surface area contributed by atoms with Crippen molar-refractivity contribution in [2.45, 2.75) is 23.1 Å². The number of hydrogen-bond acceptors (Lipinski definition) is 7. The Hall–Kier alpha value is -2.35. The summed E-state index contributed by atoms with van der Waals surface area (Å²) >= 11 is 0. The van der Waals surface area contributed by atoms with Crippen molar-refractivity contribution < 1.29 is 21.8 Å². The summed E-state index contributed by atoms with van der Waals surface area (Å²) in [6, 6.07) is 3.68. The van der Waals surface area contributed by atoms with Crippen LogP contribution in [0.5, 0.6) is 0 Å². The van der Waals surface area contributed by atoms with Crippen molar-refractivity contribution in [3.8, 4) is 0 Å². The molecule has 0 saturated carbocycles. The van der Waals surface area contributed by atoms with Gasteiger partial charge in [-0.05, 0) is 18.9 Å². The fourth-order valence-electron chi connectivity index (χ4n) is 3.15. The first-order valence-corrected chi connectivity index (χ1v) is 11.7. The zero-order chi connectivity index (χ0) is 21.4. The number of sulfonamides is 2. The van der Waals surface area contributed by atoms with E-state index in [1.165, 1.54) is 37.8 Å². The Morgan fingerprint density at radius 3 is 2.21 bits per heavy atom. The molecule has 13 heteroatoms. The number of nitrogens with zero attached hydrogens (tertiary/aromatic N) is 5. The van der Waals surface area contributed by atoms with Crippen LogP contribution >= 0.6 is 0 Å². The molecule has 3 rings (SSSR count). The van der Waals surface area contributed by atoms with E-state index in [1.54, 1.807) is 14.0 Å². The van der Waals surface area contributed by atoms with Gasteiger partial charge in [-0.25, -0.2) is 16.8 Å². The number of aromatic nitrogens is 2. The Morgan fingerprint density at radius 2 is 1.66 bits per heavy atom. The third kappa shape index (κ3) is 4.17. The van der Waals surface area contributed by atoms with Gasteiger partial charge >= 0.3 is 0 Å². The highest BCUT2D eigenvalue weighted by molar-refractivity contribution is 7.89. The first kappa shape index (κ1) is 21.4. The van der Waals surface area contributed by atoms with E-state index < -0.39 is 25.0 Å². The molecule has 11 nitrogen and oxygen atoms in total. The Bertz CT molecular complexity index is 1140. The summed E-state index contributed by atoms with van der Waals surface area (Å²) in [5, 5.41) is 14.9. The van der Waals surface area contributed by atoms with E-state index in [0.717, 1.165) is 6.07 Å². The molecule has 0 radical (unpaired) electrons. The molecule has 0 spiro atoms. The minimum atomic E-state index is -4.01. The monoisotopic (exact) mass is 443 g/mol. The number of nitro groups is 1. The van der Waals surface area contributed by atoms with Gasteiger partial charge in [-0.15, -0.1) is 0 Å². The molecule has 1 saturated heterocycles. The smallest absolute Gasteiger partial charge is 0.270 e. The quantitative estimate of drug-likeness (QED) is 0.491. The predicted octanol–water partition coefficient (Wildman–Crippen LogP) is 0.722. The Balaban J connectivity index is 1.85. The third-order valence-corrected chi connectivity index (χ3v) is 8.63. The molecular weight excluding hydrogens is 422 g/mol. The van der Waals surface area contributed by atoms with Gasteiger partial charge in [0.15, 0.2) is 0 Å². The number of hydrogen-bond donors (Lipinski definition) is 0. The number of non-ortho nitro benzene ring substituents is 1. The van der Waals surface area contributed by atoms with E-state index in [-0.39, 0.29) is 41.7 Å². The van der Waals surface area contributed by atoms with Crippen molar-refractivity contribution in [1.29, 1.82) is 0 Å². The molecule has 1 aromatic heterocycles. The normalized spacial score (nSPS) is 17.2. The Labute approximate surface area is 168 Å². The fraction of sp³-hybridized carbons (Fsp3) is 0.438. The molecule has 1 fully saturated rings. The molecule has 158 valence electrons. The lowest BCUT2D eigenvalue weighted by Crippen LogP contribution is -2.37. The summed E-state index contributed by atoms with van der Waals surface area (Å²) < 4.78 is 55.5. The zero-order valence-electron chi connectivity index (χ0n) is 15.9. The van der Waals surface area contributed by atoms with Gasteiger partial charge in [0, 0.05) is 51.6 Å². The molecular formula is C16H21N5O6S2. The topological polar surface area (TPSA) is 136 Å². The SMILES string of the molecule is Cc1ccc([N+](=O)[O-])cc1S(=O)(=O)N1CCCN(S(=O)(=O)c2cnn(C)c2)CC1. The van der Waals surface area contributed by atoms with Crippen LogP contribution in [-0.2, 0) is 27.1 Å². The van der Waals surface area contributed by atoms with Crippen molar-refractivity contribution in [3.63, 3.8) is 0 Å². The Morgan fingerprint density at radius 1 is 1.03 bits per heavy atom. The van der Waals surface area contributed by atoms with Crippen molar-refractivity contribution >= 4 is 25.7 Å². The molecule has 0 amide bonds. The predicted molar refractivity (Wildman–Crippen MR) is 103 cm³/mol. The highest BCUT2D eigenvalue weighted by Gasteiger charge is 2.33. The molecule has 0 atom stereocenters. The summed E-state index contributed by atoms with van der Waals surface area (Å²) in [6.07, 6.45) is 2.94. The summed E-state index contributed by atoms with van der Waals surface area (Å²) in [7, 11) is -6.19. The molecule has 0 N–H and O–H groups in total. The van der Waals surface area contributed by atoms with E-state index in [4.69, 9.17) is 0 Å². The summed E-state index contributed by atoms with van der Waals surface area (Å²) in [5.74, 6) is 0. The van der Waals surface area contributed by atoms with Crippen LogP contribution in [0.3, 0.4) is 0 Å². The maximum absolute atomic E-state index is 13.1. The van der Waals surface area contributed by atoms with E-state index in [2.05, 4.69) is 5.10 Å². The summed E-state index contributed by atoms with van der Waals surface area (Å²) in [6.45, 7) is 1.77. The molecule has 2 heterocycles. The van der Waals surface area contributed by atoms with E-state index in [1.807, 2.05) is 0 Å². The molecule has 0 aliphatic carbocycles. The van der Waals surface area contributed by atoms with Crippen molar-refractivity contribution in [3.05, 3.63) is 46.3 Å². The van der Waals surface area contributed by atoms with Crippen LogP contribution in [-0.4, -0.2) is 66.3 Å². The lowest BCUT2D eigenvalue weighted by Gasteiger charge is -2.22. The first-order valence-electron chi connectivity index (χ1n) is 8.77. The van der Waals surface area contributed by atoms with E-state index >= 15 is 0 Å². The van der Waals surface area contributed by atoms with Gasteiger partial charge in [0.05, 0.1) is 16.0 Å². The molecule has 2 aromatic rings. The van der Waals surface area contributed by atoms with Crippen LogP contribution in [0.15, 0.2) is 40.4 Å². The second-order valence-electron chi connectivity index (χ2n) is 6.72. The van der Waals surface area contributed by atoms with Crippen LogP contribution in [0.1, 0.15) is 12.0 Å². The van der Waals surface area contributed by atoms with Crippen LogP contribution in [0.2, 0.25) is 0 Å². The first-order chi connectivity index (χ1) is 13.5. The highest BCUT2D eigenvalue weighted by Crippen LogP contribution is 2.26. The maximum Gasteiger partial charge on any atom is 0.270 e. The van der Waals surface area contributed by atoms with Gasteiger partial charge in [-0.2, -0.15) is 13.7 Å². The zero-order valence-corrected chi connectivity index (χ0v) is 17.6. The number of aryl methyl sites for hydroxylation is 2. The average molecular weight is 444 g/mol. The molecule has 1 aliphatic heterocycles. The highest BCUT2D eigenvalue weighted by atomic mass is 32.2. The molecule has 1 aromatic carbocycles. The average Bonchev–Trinajstić information content (AvgIpc) is 2.93. The fourth-order valence-corrected chi connectivity index (χ4v) is 6.32. The lowest BCUT2D eigenvalue weighted by atomic mass is 10.2. The van der Waals surface area contributed by atoms with E-state index in [9.17, 15) is 26.9 Å². The summed E-state index contributed by atoms with van der Waals surface area (Å²) in [4.78, 5) is 10.3. The number of benzene rings is 1. The van der Waals surface area contributed by atoms with Crippen molar-refractivity contribution in [1.82, 2.24) is 18.4 Å². The molecule has 1 aliphatic rings. The largest absolute Gasteiger partial charge is 0.274 e. The van der Waals surface area contributed by atoms with Crippen molar-refractivity contribution in [2.24, 2.45) is 7.05 Å². The van der Waals surface area contributed by atoms with E-state index in [0.29, 0.717) is 12.0 Å². The van der Waals surface area contributed by atoms with Crippen molar-refractivity contribution in [2.75, 3.05) is 26.2 Å². The van der Waals surface area contributed by atoms with Gasteiger partial charge in [-0.3, -0.25) is 14.8 Å². The van der Waals surface area contributed by atoms with Crippen LogP contribution < -0.4 is 0 Å². The summed E-state index contributed by atoms with van der Waals surface area (Å²) in [5.41, 5.74) is 0.0736. The standard InChI is InChI=1S/C16H21N5O6S2/c1-13-4-5-14(21(22)23)10-16(13)29(26,27)20-7-3-6-19(8-9-20)28(24,25)15-11-17-18(2)12-15/h4-5,10-12H,3,6-9H2,1-2H3. The van der Waals surface area contributed by atoms with Crippen LogP contribution in [0.4, 0.5) is 5.69 Å². The lowest BCUT2D eigenvalue weighted by molar-refractivity contribution is -0.385. The second-order valence-corrected chi connectivity index (χ2v) is 10.6. The minimum absolute atomic E-state index is 0.0234. The molecule has 29 heavy (non-hydrogen) atoms.